The van der Waals surface area contributed by atoms with Crippen molar-refractivity contribution in [1.29, 1.82) is 0 Å². The molecule has 0 spiro atoms. The molecule has 1 aliphatic carbocycles. The van der Waals surface area contributed by atoms with E-state index in [0.29, 0.717) is 5.92 Å². The number of hydrogen-bond acceptors (Lipinski definition) is 1. The Morgan fingerprint density at radius 2 is 1.67 bits per heavy atom. The van der Waals surface area contributed by atoms with E-state index in [9.17, 15) is 4.39 Å². The van der Waals surface area contributed by atoms with Gasteiger partial charge in [0.05, 0.1) is 0 Å². The maximum absolute atomic E-state index is 14.2. The molecule has 2 rings (SSSR count). The van der Waals surface area contributed by atoms with E-state index >= 15 is 0 Å². The summed E-state index contributed by atoms with van der Waals surface area (Å²) in [6.45, 7) is 1.76. The third-order valence-corrected chi connectivity index (χ3v) is 3.52. The summed E-state index contributed by atoms with van der Waals surface area (Å²) in [7, 11) is 0. The molecule has 1 N–H and O–H groups in total. The minimum absolute atomic E-state index is 0.389. The summed E-state index contributed by atoms with van der Waals surface area (Å²) in [4.78, 5) is 0. The zero-order chi connectivity index (χ0) is 8.44. The molecule has 1 saturated heterocycles. The summed E-state index contributed by atoms with van der Waals surface area (Å²) >= 11 is 0. The molecule has 70 valence electrons. The standard InChI is InChI=1S/C10H18FN/c11-10(5-7-12-8-6-10)9-3-1-2-4-9/h9,12H,1-8H2. The van der Waals surface area contributed by atoms with Gasteiger partial charge in [0.1, 0.15) is 5.67 Å². The van der Waals surface area contributed by atoms with Crippen LogP contribution in [0.2, 0.25) is 0 Å². The second-order valence-electron chi connectivity index (χ2n) is 4.27. The molecule has 1 aliphatic heterocycles. The van der Waals surface area contributed by atoms with Crippen LogP contribution in [0.5, 0.6) is 0 Å². The summed E-state index contributed by atoms with van der Waals surface area (Å²) in [6, 6.07) is 0. The van der Waals surface area contributed by atoms with Gasteiger partial charge in [0, 0.05) is 0 Å². The quantitative estimate of drug-likeness (QED) is 0.638. The molecule has 0 aromatic rings. The summed E-state index contributed by atoms with van der Waals surface area (Å²) < 4.78 is 14.2. The molecule has 2 fully saturated rings. The maximum Gasteiger partial charge on any atom is 0.116 e. The third kappa shape index (κ3) is 1.49. The van der Waals surface area contributed by atoms with E-state index in [2.05, 4.69) is 5.32 Å². The van der Waals surface area contributed by atoms with Crippen molar-refractivity contribution in [3.63, 3.8) is 0 Å². The highest BCUT2D eigenvalue weighted by Crippen LogP contribution is 2.41. The first-order valence-electron chi connectivity index (χ1n) is 5.21. The Morgan fingerprint density at radius 3 is 2.25 bits per heavy atom. The van der Waals surface area contributed by atoms with Crippen molar-refractivity contribution in [3.05, 3.63) is 0 Å². The lowest BCUT2D eigenvalue weighted by atomic mass is 9.81. The Labute approximate surface area is 73.7 Å². The molecule has 0 amide bonds. The van der Waals surface area contributed by atoms with Crippen LogP contribution in [0.25, 0.3) is 0 Å². The van der Waals surface area contributed by atoms with Gasteiger partial charge in [-0.05, 0) is 44.7 Å². The van der Waals surface area contributed by atoms with Crippen molar-refractivity contribution in [2.24, 2.45) is 5.92 Å². The molecular formula is C10H18FN. The molecule has 0 unspecified atom stereocenters. The molecule has 2 aliphatic rings. The summed E-state index contributed by atoms with van der Waals surface area (Å²) in [5.74, 6) is 0.389. The van der Waals surface area contributed by atoms with Crippen molar-refractivity contribution < 1.29 is 4.39 Å². The zero-order valence-corrected chi connectivity index (χ0v) is 7.61. The largest absolute Gasteiger partial charge is 0.316 e. The highest BCUT2D eigenvalue weighted by molar-refractivity contribution is 4.92. The number of hydrogen-bond donors (Lipinski definition) is 1. The summed E-state index contributed by atoms with van der Waals surface area (Å²) in [5.41, 5.74) is -0.804. The highest BCUT2D eigenvalue weighted by atomic mass is 19.1. The van der Waals surface area contributed by atoms with Crippen LogP contribution < -0.4 is 5.32 Å². The minimum Gasteiger partial charge on any atom is -0.316 e. The Morgan fingerprint density at radius 1 is 1.08 bits per heavy atom. The molecule has 1 nitrogen and oxygen atoms in total. The Bertz CT molecular complexity index is 146. The van der Waals surface area contributed by atoms with Crippen LogP contribution in [0.1, 0.15) is 38.5 Å². The second kappa shape index (κ2) is 3.33. The number of alkyl halides is 1. The highest BCUT2D eigenvalue weighted by Gasteiger charge is 2.40. The normalized spacial score (nSPS) is 30.8. The average Bonchev–Trinajstić information content (AvgIpc) is 2.58. The lowest BCUT2D eigenvalue weighted by molar-refractivity contribution is 0.0482. The summed E-state index contributed by atoms with van der Waals surface area (Å²) in [5, 5.41) is 3.22. The van der Waals surface area contributed by atoms with E-state index in [0.717, 1.165) is 38.8 Å². The van der Waals surface area contributed by atoms with Gasteiger partial charge < -0.3 is 5.32 Å². The van der Waals surface area contributed by atoms with Gasteiger partial charge in [-0.3, -0.25) is 0 Å². The van der Waals surface area contributed by atoms with Gasteiger partial charge in [-0.2, -0.15) is 0 Å². The van der Waals surface area contributed by atoms with Crippen molar-refractivity contribution in [1.82, 2.24) is 5.32 Å². The topological polar surface area (TPSA) is 12.0 Å². The fourth-order valence-electron chi connectivity index (χ4n) is 2.69. The minimum atomic E-state index is -0.804. The Balaban J connectivity index is 1.97. The van der Waals surface area contributed by atoms with E-state index < -0.39 is 5.67 Å². The van der Waals surface area contributed by atoms with E-state index in [1.165, 1.54) is 12.8 Å². The number of piperidine rings is 1. The molecule has 1 heterocycles. The molecule has 12 heavy (non-hydrogen) atoms. The van der Waals surface area contributed by atoms with Crippen LogP contribution in [0.15, 0.2) is 0 Å². The number of nitrogens with one attached hydrogen (secondary N) is 1. The molecule has 0 aromatic carbocycles. The lowest BCUT2D eigenvalue weighted by Crippen LogP contribution is -2.43. The fraction of sp³-hybridized carbons (Fsp3) is 1.00. The van der Waals surface area contributed by atoms with E-state index in [1.807, 2.05) is 0 Å². The molecule has 0 atom stereocenters. The smallest absolute Gasteiger partial charge is 0.116 e. The molecule has 2 heteroatoms. The van der Waals surface area contributed by atoms with Crippen molar-refractivity contribution in [2.45, 2.75) is 44.2 Å². The zero-order valence-electron chi connectivity index (χ0n) is 7.61. The van der Waals surface area contributed by atoms with E-state index in [-0.39, 0.29) is 0 Å². The van der Waals surface area contributed by atoms with Crippen molar-refractivity contribution in [3.8, 4) is 0 Å². The Hall–Kier alpha value is -0.110. The van der Waals surface area contributed by atoms with Gasteiger partial charge in [0.2, 0.25) is 0 Å². The van der Waals surface area contributed by atoms with E-state index in [4.69, 9.17) is 0 Å². The second-order valence-corrected chi connectivity index (χ2v) is 4.27. The van der Waals surface area contributed by atoms with Crippen molar-refractivity contribution >= 4 is 0 Å². The number of halogens is 1. The molecule has 0 aromatic heterocycles. The molecule has 0 radical (unpaired) electrons. The predicted molar refractivity (Wildman–Crippen MR) is 47.9 cm³/mol. The number of rotatable bonds is 1. The lowest BCUT2D eigenvalue weighted by Gasteiger charge is -2.35. The van der Waals surface area contributed by atoms with Gasteiger partial charge in [0.25, 0.3) is 0 Å². The van der Waals surface area contributed by atoms with Crippen LogP contribution in [0.4, 0.5) is 4.39 Å². The third-order valence-electron chi connectivity index (χ3n) is 3.52. The van der Waals surface area contributed by atoms with Crippen LogP contribution >= 0.6 is 0 Å². The first kappa shape index (κ1) is 8.49. The predicted octanol–water partition coefficient (Wildman–Crippen LogP) is 2.27. The van der Waals surface area contributed by atoms with Gasteiger partial charge >= 0.3 is 0 Å². The molecule has 0 bridgehead atoms. The molecular weight excluding hydrogens is 153 g/mol. The maximum atomic E-state index is 14.2. The fourth-order valence-corrected chi connectivity index (χ4v) is 2.69. The monoisotopic (exact) mass is 171 g/mol. The van der Waals surface area contributed by atoms with E-state index in [1.54, 1.807) is 0 Å². The summed E-state index contributed by atoms with van der Waals surface area (Å²) in [6.07, 6.45) is 6.27. The van der Waals surface area contributed by atoms with Gasteiger partial charge in [-0.25, -0.2) is 4.39 Å². The SMILES string of the molecule is FC1(C2CCCC2)CCNCC1. The van der Waals surface area contributed by atoms with Crippen LogP contribution in [-0.2, 0) is 0 Å². The van der Waals surface area contributed by atoms with Gasteiger partial charge in [-0.1, -0.05) is 12.8 Å². The first-order chi connectivity index (χ1) is 5.81. The van der Waals surface area contributed by atoms with Crippen LogP contribution in [0, 0.1) is 5.92 Å². The molecule has 1 saturated carbocycles. The van der Waals surface area contributed by atoms with Gasteiger partial charge in [0.15, 0.2) is 0 Å². The average molecular weight is 171 g/mol. The van der Waals surface area contributed by atoms with Crippen molar-refractivity contribution in [2.75, 3.05) is 13.1 Å². The van der Waals surface area contributed by atoms with Crippen LogP contribution in [0.3, 0.4) is 0 Å². The Kier molecular flexibility index (Phi) is 2.35. The van der Waals surface area contributed by atoms with Crippen LogP contribution in [-0.4, -0.2) is 18.8 Å². The van der Waals surface area contributed by atoms with Gasteiger partial charge in [-0.15, -0.1) is 0 Å². The first-order valence-corrected chi connectivity index (χ1v) is 5.21.